The fraction of sp³-hybridized carbons (Fsp3) is 0.538. The Balaban J connectivity index is 2.64. The molecule has 17 heavy (non-hydrogen) atoms. The molecule has 0 heterocycles. The van der Waals surface area contributed by atoms with Gasteiger partial charge in [0.25, 0.3) is 0 Å². The van der Waals surface area contributed by atoms with Gasteiger partial charge in [0.05, 0.1) is 0 Å². The van der Waals surface area contributed by atoms with E-state index in [1.165, 1.54) is 12.1 Å². The Morgan fingerprint density at radius 2 is 2.00 bits per heavy atom. The van der Waals surface area contributed by atoms with Crippen LogP contribution in [0, 0.1) is 11.6 Å². The summed E-state index contributed by atoms with van der Waals surface area (Å²) < 4.78 is 26.2. The summed E-state index contributed by atoms with van der Waals surface area (Å²) in [6, 6.07) is 3.71. The first-order chi connectivity index (χ1) is 8.17. The predicted molar refractivity (Wildman–Crippen MR) is 67.3 cm³/mol. The van der Waals surface area contributed by atoms with Gasteiger partial charge >= 0.3 is 0 Å². The van der Waals surface area contributed by atoms with Crippen LogP contribution in [-0.2, 0) is 6.54 Å². The second-order valence-corrected chi connectivity index (χ2v) is 4.43. The monoisotopic (exact) mass is 261 g/mol. The quantitative estimate of drug-likeness (QED) is 0.675. The fourth-order valence-corrected chi connectivity index (χ4v) is 1.90. The van der Waals surface area contributed by atoms with Gasteiger partial charge in [0.15, 0.2) is 0 Å². The molecule has 0 saturated carbocycles. The van der Waals surface area contributed by atoms with Gasteiger partial charge in [-0.2, -0.15) is 0 Å². The van der Waals surface area contributed by atoms with Crippen molar-refractivity contribution in [1.82, 2.24) is 4.90 Å². The topological polar surface area (TPSA) is 3.24 Å². The maximum Gasteiger partial charge on any atom is 0.130 e. The van der Waals surface area contributed by atoms with Crippen LogP contribution < -0.4 is 0 Å². The van der Waals surface area contributed by atoms with Crippen LogP contribution in [0.5, 0.6) is 0 Å². The summed E-state index contributed by atoms with van der Waals surface area (Å²) in [5.74, 6) is -0.503. The van der Waals surface area contributed by atoms with Crippen LogP contribution >= 0.6 is 11.6 Å². The Morgan fingerprint density at radius 3 is 2.59 bits per heavy atom. The molecule has 0 amide bonds. The summed E-state index contributed by atoms with van der Waals surface area (Å²) in [5, 5.41) is 0. The lowest BCUT2D eigenvalue weighted by molar-refractivity contribution is 0.273. The number of nitrogens with zero attached hydrogens (tertiary/aromatic N) is 1. The van der Waals surface area contributed by atoms with E-state index in [0.717, 1.165) is 32.0 Å². The van der Waals surface area contributed by atoms with Gasteiger partial charge in [0.1, 0.15) is 11.6 Å². The predicted octanol–water partition coefficient (Wildman–Crippen LogP) is 3.81. The highest BCUT2D eigenvalue weighted by molar-refractivity contribution is 6.18. The Labute approximate surface area is 106 Å². The minimum Gasteiger partial charge on any atom is -0.298 e. The number of alkyl halides is 1. The SMILES string of the molecule is CCCCN(CCCl)Cc1ccc(F)cc1F. The van der Waals surface area contributed by atoms with Gasteiger partial charge in [-0.15, -0.1) is 11.6 Å². The third-order valence-corrected chi connectivity index (χ3v) is 2.81. The fourth-order valence-electron chi connectivity index (χ4n) is 1.66. The first-order valence-electron chi connectivity index (χ1n) is 5.89. The maximum atomic E-state index is 13.5. The lowest BCUT2D eigenvalue weighted by Crippen LogP contribution is -2.27. The molecule has 0 spiro atoms. The van der Waals surface area contributed by atoms with Crippen molar-refractivity contribution in [3.05, 3.63) is 35.4 Å². The number of hydrogen-bond acceptors (Lipinski definition) is 1. The number of rotatable bonds is 7. The van der Waals surface area contributed by atoms with Gasteiger partial charge in [-0.05, 0) is 19.0 Å². The van der Waals surface area contributed by atoms with Gasteiger partial charge < -0.3 is 0 Å². The van der Waals surface area contributed by atoms with Gasteiger partial charge in [0.2, 0.25) is 0 Å². The first-order valence-corrected chi connectivity index (χ1v) is 6.43. The summed E-state index contributed by atoms with van der Waals surface area (Å²) in [6.45, 7) is 4.20. The smallest absolute Gasteiger partial charge is 0.130 e. The van der Waals surface area contributed by atoms with E-state index >= 15 is 0 Å². The van der Waals surface area contributed by atoms with E-state index in [4.69, 9.17) is 11.6 Å². The van der Waals surface area contributed by atoms with Crippen LogP contribution in [0.25, 0.3) is 0 Å². The second-order valence-electron chi connectivity index (χ2n) is 4.05. The minimum absolute atomic E-state index is 0.485. The summed E-state index contributed by atoms with van der Waals surface area (Å²) in [6.07, 6.45) is 2.14. The molecule has 0 fully saturated rings. The molecule has 96 valence electrons. The van der Waals surface area contributed by atoms with E-state index in [-0.39, 0.29) is 0 Å². The van der Waals surface area contributed by atoms with E-state index in [1.807, 2.05) is 0 Å². The molecule has 0 bridgehead atoms. The van der Waals surface area contributed by atoms with Crippen molar-refractivity contribution in [3.63, 3.8) is 0 Å². The molecule has 1 aromatic rings. The molecular weight excluding hydrogens is 244 g/mol. The van der Waals surface area contributed by atoms with Crippen LogP contribution in [0.2, 0.25) is 0 Å². The molecule has 0 unspecified atom stereocenters. The van der Waals surface area contributed by atoms with Crippen molar-refractivity contribution in [2.24, 2.45) is 0 Å². The van der Waals surface area contributed by atoms with Gasteiger partial charge in [-0.1, -0.05) is 19.4 Å². The molecule has 0 aromatic heterocycles. The maximum absolute atomic E-state index is 13.5. The molecule has 0 N–H and O–H groups in total. The summed E-state index contributed by atoms with van der Waals surface area (Å²) in [5.41, 5.74) is 0.521. The lowest BCUT2D eigenvalue weighted by Gasteiger charge is -2.21. The van der Waals surface area contributed by atoms with E-state index in [1.54, 1.807) is 0 Å². The third kappa shape index (κ3) is 5.00. The molecule has 0 aliphatic heterocycles. The van der Waals surface area contributed by atoms with Crippen molar-refractivity contribution in [2.45, 2.75) is 26.3 Å². The third-order valence-electron chi connectivity index (χ3n) is 2.64. The summed E-state index contributed by atoms with van der Waals surface area (Å²) >= 11 is 5.71. The molecule has 1 rings (SSSR count). The normalized spacial score (nSPS) is 11.1. The molecular formula is C13H18ClF2N. The van der Waals surface area contributed by atoms with E-state index in [2.05, 4.69) is 11.8 Å². The molecule has 1 aromatic carbocycles. The van der Waals surface area contributed by atoms with Crippen LogP contribution in [0.4, 0.5) is 8.78 Å². The highest BCUT2D eigenvalue weighted by atomic mass is 35.5. The standard InChI is InChI=1S/C13H18ClF2N/c1-2-3-7-17(8-6-14)10-11-4-5-12(15)9-13(11)16/h4-5,9H,2-3,6-8,10H2,1H3. The van der Waals surface area contributed by atoms with Gasteiger partial charge in [-0.25, -0.2) is 8.78 Å². The van der Waals surface area contributed by atoms with Crippen LogP contribution in [0.3, 0.4) is 0 Å². The van der Waals surface area contributed by atoms with Crippen molar-refractivity contribution < 1.29 is 8.78 Å². The summed E-state index contributed by atoms with van der Waals surface area (Å²) in [7, 11) is 0. The zero-order chi connectivity index (χ0) is 12.7. The van der Waals surface area contributed by atoms with Crippen molar-refractivity contribution in [2.75, 3.05) is 19.0 Å². The average Bonchev–Trinajstić information content (AvgIpc) is 2.29. The Hall–Kier alpha value is -0.670. The van der Waals surface area contributed by atoms with Crippen LogP contribution in [0.1, 0.15) is 25.3 Å². The van der Waals surface area contributed by atoms with E-state index in [9.17, 15) is 8.78 Å². The van der Waals surface area contributed by atoms with Crippen molar-refractivity contribution in [3.8, 4) is 0 Å². The number of benzene rings is 1. The minimum atomic E-state index is -0.538. The van der Waals surface area contributed by atoms with Crippen molar-refractivity contribution in [1.29, 1.82) is 0 Å². The number of hydrogen-bond donors (Lipinski definition) is 0. The molecule has 0 aliphatic carbocycles. The Bertz CT molecular complexity index is 344. The largest absolute Gasteiger partial charge is 0.298 e. The molecule has 0 saturated heterocycles. The van der Waals surface area contributed by atoms with Gasteiger partial charge in [-0.3, -0.25) is 4.90 Å². The second kappa shape index (κ2) is 7.62. The molecule has 0 radical (unpaired) electrons. The van der Waals surface area contributed by atoms with E-state index in [0.29, 0.717) is 18.0 Å². The average molecular weight is 262 g/mol. The lowest BCUT2D eigenvalue weighted by atomic mass is 10.2. The number of halogens is 3. The van der Waals surface area contributed by atoms with Crippen LogP contribution in [-0.4, -0.2) is 23.9 Å². The zero-order valence-corrected chi connectivity index (χ0v) is 10.8. The molecule has 0 aliphatic rings. The van der Waals surface area contributed by atoms with Crippen molar-refractivity contribution >= 4 is 11.6 Å². The molecule has 0 atom stereocenters. The molecule has 4 heteroatoms. The Kier molecular flexibility index (Phi) is 6.45. The highest BCUT2D eigenvalue weighted by Crippen LogP contribution is 2.12. The van der Waals surface area contributed by atoms with Crippen LogP contribution in [0.15, 0.2) is 18.2 Å². The van der Waals surface area contributed by atoms with E-state index < -0.39 is 11.6 Å². The first kappa shape index (κ1) is 14.4. The molecule has 1 nitrogen and oxygen atoms in total. The van der Waals surface area contributed by atoms with Gasteiger partial charge in [0, 0.05) is 30.6 Å². The zero-order valence-electron chi connectivity index (χ0n) is 10.1. The highest BCUT2D eigenvalue weighted by Gasteiger charge is 2.09. The summed E-state index contributed by atoms with van der Waals surface area (Å²) in [4.78, 5) is 2.09. The Morgan fingerprint density at radius 1 is 1.24 bits per heavy atom. The number of unbranched alkanes of at least 4 members (excludes halogenated alkanes) is 1.